The van der Waals surface area contributed by atoms with Gasteiger partial charge < -0.3 is 4.74 Å². The van der Waals surface area contributed by atoms with E-state index in [0.29, 0.717) is 5.92 Å². The van der Waals surface area contributed by atoms with Gasteiger partial charge in [-0.2, -0.15) is 0 Å². The monoisotopic (exact) mass is 416 g/mol. The minimum Gasteiger partial charge on any atom is -0.406 e. The van der Waals surface area contributed by atoms with Gasteiger partial charge in [0, 0.05) is 10.7 Å². The highest BCUT2D eigenvalue weighted by Gasteiger charge is 2.33. The van der Waals surface area contributed by atoms with Gasteiger partial charge >= 0.3 is 6.36 Å². The van der Waals surface area contributed by atoms with Gasteiger partial charge in [-0.1, -0.05) is 57.8 Å². The van der Waals surface area contributed by atoms with Crippen LogP contribution in [0.3, 0.4) is 0 Å². The van der Waals surface area contributed by atoms with Crippen LogP contribution in [0.25, 0.3) is 0 Å². The highest BCUT2D eigenvalue weighted by molar-refractivity contribution is 9.09. The summed E-state index contributed by atoms with van der Waals surface area (Å²) in [5.41, 5.74) is 1.03. The van der Waals surface area contributed by atoms with Crippen molar-refractivity contribution in [2.24, 2.45) is 11.3 Å². The minimum atomic E-state index is -4.64. The second kappa shape index (κ2) is 7.16. The summed E-state index contributed by atoms with van der Waals surface area (Å²) in [4.78, 5) is 0. The Hall–Kier alpha value is -0.230. The van der Waals surface area contributed by atoms with Crippen molar-refractivity contribution < 1.29 is 17.9 Å². The first-order valence-corrected chi connectivity index (χ1v) is 8.43. The zero-order valence-electron chi connectivity index (χ0n) is 11.3. The summed E-state index contributed by atoms with van der Waals surface area (Å²) < 4.78 is 40.1. The quantitative estimate of drug-likeness (QED) is 0.550. The van der Waals surface area contributed by atoms with Gasteiger partial charge in [-0.3, -0.25) is 0 Å². The van der Waals surface area contributed by atoms with Crippen molar-refractivity contribution in [3.8, 4) is 5.75 Å². The van der Waals surface area contributed by atoms with Gasteiger partial charge in [0.15, 0.2) is 0 Å². The normalized spacial score (nSPS) is 12.8. The third-order valence-corrected chi connectivity index (χ3v) is 5.70. The predicted molar refractivity (Wildman–Crippen MR) is 81.7 cm³/mol. The molecule has 0 heterocycles. The van der Waals surface area contributed by atoms with Gasteiger partial charge in [0.1, 0.15) is 5.75 Å². The number of ether oxygens (including phenoxy) is 1. The number of hydrogen-bond donors (Lipinski definition) is 0. The van der Waals surface area contributed by atoms with E-state index in [1.807, 2.05) is 0 Å². The molecule has 1 aromatic carbocycles. The topological polar surface area (TPSA) is 9.23 Å². The minimum absolute atomic E-state index is 0.0341. The Morgan fingerprint density at radius 3 is 1.90 bits per heavy atom. The highest BCUT2D eigenvalue weighted by atomic mass is 79.9. The third kappa shape index (κ3) is 4.95. The van der Waals surface area contributed by atoms with E-state index in [1.54, 1.807) is 12.1 Å². The SMILES string of the molecule is CC(C)C(CBr)(CBr)Cc1ccc(OC(F)(F)F)cc1. The second-order valence-corrected chi connectivity index (χ2v) is 6.27. The third-order valence-electron chi connectivity index (χ3n) is 3.47. The molecule has 0 aliphatic carbocycles. The molecule has 1 rings (SSSR count). The average molecular weight is 418 g/mol. The standard InChI is InChI=1S/C14H17Br2F3O/c1-10(2)13(8-15,9-16)7-11-3-5-12(6-4-11)20-14(17,18)19/h3-6,10H,7-9H2,1-2H3. The Bertz CT molecular complexity index is 411. The maximum absolute atomic E-state index is 12.1. The summed E-state index contributed by atoms with van der Waals surface area (Å²) in [6.07, 6.45) is -3.86. The summed E-state index contributed by atoms with van der Waals surface area (Å²) in [6, 6.07) is 6.08. The first-order valence-electron chi connectivity index (χ1n) is 6.19. The van der Waals surface area contributed by atoms with Crippen LogP contribution in [0.4, 0.5) is 13.2 Å². The van der Waals surface area contributed by atoms with Crippen LogP contribution in [-0.2, 0) is 6.42 Å². The molecular formula is C14H17Br2F3O. The number of hydrogen-bond acceptors (Lipinski definition) is 1. The van der Waals surface area contributed by atoms with E-state index in [4.69, 9.17) is 0 Å². The molecule has 0 aliphatic heterocycles. The van der Waals surface area contributed by atoms with Crippen molar-refractivity contribution in [1.82, 2.24) is 0 Å². The molecule has 0 N–H and O–H groups in total. The lowest BCUT2D eigenvalue weighted by Crippen LogP contribution is -2.33. The van der Waals surface area contributed by atoms with Crippen molar-refractivity contribution in [2.45, 2.75) is 26.6 Å². The largest absolute Gasteiger partial charge is 0.573 e. The smallest absolute Gasteiger partial charge is 0.406 e. The van der Waals surface area contributed by atoms with E-state index >= 15 is 0 Å². The second-order valence-electron chi connectivity index (χ2n) is 5.15. The van der Waals surface area contributed by atoms with Crippen LogP contribution >= 0.6 is 31.9 Å². The average Bonchev–Trinajstić information content (AvgIpc) is 2.36. The fourth-order valence-electron chi connectivity index (χ4n) is 1.86. The molecule has 0 aliphatic rings. The van der Waals surface area contributed by atoms with Gasteiger partial charge in [0.25, 0.3) is 0 Å². The predicted octanol–water partition coefficient (Wildman–Crippen LogP) is 5.56. The van der Waals surface area contributed by atoms with Crippen LogP contribution in [0.5, 0.6) is 5.75 Å². The summed E-state index contributed by atoms with van der Waals surface area (Å²) in [7, 11) is 0. The maximum atomic E-state index is 12.1. The molecular weight excluding hydrogens is 401 g/mol. The molecule has 0 atom stereocenters. The lowest BCUT2D eigenvalue weighted by atomic mass is 9.76. The van der Waals surface area contributed by atoms with E-state index in [-0.39, 0.29) is 11.2 Å². The number of alkyl halides is 5. The molecule has 0 saturated heterocycles. The lowest BCUT2D eigenvalue weighted by molar-refractivity contribution is -0.274. The molecule has 0 spiro atoms. The first-order chi connectivity index (χ1) is 9.22. The zero-order chi connectivity index (χ0) is 15.4. The van der Waals surface area contributed by atoms with E-state index < -0.39 is 6.36 Å². The van der Waals surface area contributed by atoms with Crippen molar-refractivity contribution >= 4 is 31.9 Å². The van der Waals surface area contributed by atoms with Crippen molar-refractivity contribution in [2.75, 3.05) is 10.7 Å². The molecule has 0 bridgehead atoms. The number of halogens is 5. The summed E-state index contributed by atoms with van der Waals surface area (Å²) in [5, 5.41) is 1.65. The fraction of sp³-hybridized carbons (Fsp3) is 0.571. The van der Waals surface area contributed by atoms with Gasteiger partial charge in [0.05, 0.1) is 0 Å². The van der Waals surface area contributed by atoms with Crippen LogP contribution in [-0.4, -0.2) is 17.0 Å². The summed E-state index contributed by atoms with van der Waals surface area (Å²) >= 11 is 7.08. The van der Waals surface area contributed by atoms with E-state index in [1.165, 1.54) is 12.1 Å². The Labute approximate surface area is 134 Å². The Morgan fingerprint density at radius 1 is 1.05 bits per heavy atom. The first kappa shape index (κ1) is 17.8. The molecule has 0 saturated carbocycles. The van der Waals surface area contributed by atoms with Gasteiger partial charge in [-0.25, -0.2) is 0 Å². The molecule has 114 valence electrons. The van der Waals surface area contributed by atoms with Crippen molar-refractivity contribution in [3.05, 3.63) is 29.8 Å². The molecule has 1 nitrogen and oxygen atoms in total. The fourth-order valence-corrected chi connectivity index (χ4v) is 4.48. The van der Waals surface area contributed by atoms with Crippen LogP contribution < -0.4 is 4.74 Å². The van der Waals surface area contributed by atoms with Crippen molar-refractivity contribution in [3.63, 3.8) is 0 Å². The molecule has 0 aromatic heterocycles. The van der Waals surface area contributed by atoms with Gasteiger partial charge in [-0.15, -0.1) is 13.2 Å². The Morgan fingerprint density at radius 2 is 1.55 bits per heavy atom. The molecule has 0 unspecified atom stereocenters. The van der Waals surface area contributed by atoms with E-state index in [9.17, 15) is 13.2 Å². The molecule has 1 aromatic rings. The molecule has 0 radical (unpaired) electrons. The maximum Gasteiger partial charge on any atom is 0.573 e. The van der Waals surface area contributed by atoms with Gasteiger partial charge in [0.2, 0.25) is 0 Å². The van der Waals surface area contributed by atoms with Gasteiger partial charge in [-0.05, 0) is 35.4 Å². The van der Waals surface area contributed by atoms with E-state index in [0.717, 1.165) is 22.6 Å². The van der Waals surface area contributed by atoms with Crippen LogP contribution in [0.1, 0.15) is 19.4 Å². The van der Waals surface area contributed by atoms with E-state index in [2.05, 4.69) is 50.4 Å². The highest BCUT2D eigenvalue weighted by Crippen LogP contribution is 2.36. The summed E-state index contributed by atoms with van der Waals surface area (Å²) in [6.45, 7) is 4.29. The Kier molecular flexibility index (Phi) is 6.38. The lowest BCUT2D eigenvalue weighted by Gasteiger charge is -2.34. The van der Waals surface area contributed by atoms with Crippen LogP contribution in [0.2, 0.25) is 0 Å². The zero-order valence-corrected chi connectivity index (χ0v) is 14.5. The number of benzene rings is 1. The summed E-state index contributed by atoms with van der Waals surface area (Å²) in [5.74, 6) is 0.251. The Balaban J connectivity index is 2.83. The molecule has 6 heteroatoms. The number of rotatable bonds is 6. The van der Waals surface area contributed by atoms with Crippen LogP contribution in [0, 0.1) is 11.3 Å². The molecule has 0 amide bonds. The molecule has 20 heavy (non-hydrogen) atoms. The van der Waals surface area contributed by atoms with Crippen LogP contribution in [0.15, 0.2) is 24.3 Å². The molecule has 0 fully saturated rings. The van der Waals surface area contributed by atoms with Crippen molar-refractivity contribution in [1.29, 1.82) is 0 Å².